The maximum absolute atomic E-state index is 12.6. The second-order valence-electron chi connectivity index (χ2n) is 6.50. The number of rotatable bonds is 2. The highest BCUT2D eigenvalue weighted by molar-refractivity contribution is 5.85. The summed E-state index contributed by atoms with van der Waals surface area (Å²) >= 11 is 0. The predicted octanol–water partition coefficient (Wildman–Crippen LogP) is 2.75. The van der Waals surface area contributed by atoms with Gasteiger partial charge in [0.15, 0.2) is 0 Å². The van der Waals surface area contributed by atoms with Crippen LogP contribution in [0.4, 0.5) is 0 Å². The molecule has 0 bridgehead atoms. The van der Waals surface area contributed by atoms with E-state index in [1.54, 1.807) is 0 Å². The van der Waals surface area contributed by atoms with Crippen LogP contribution in [0.25, 0.3) is 0 Å². The molecule has 1 aliphatic carbocycles. The molecule has 3 rings (SSSR count). The van der Waals surface area contributed by atoms with E-state index in [-0.39, 0.29) is 18.4 Å². The van der Waals surface area contributed by atoms with Crippen molar-refractivity contribution in [2.75, 3.05) is 13.1 Å². The molecular weight excluding hydrogens is 272 g/mol. The fourth-order valence-corrected chi connectivity index (χ4v) is 4.09. The lowest BCUT2D eigenvalue weighted by molar-refractivity contribution is -0.134. The van der Waals surface area contributed by atoms with E-state index in [0.29, 0.717) is 17.9 Å². The first-order valence-corrected chi connectivity index (χ1v) is 7.95. The van der Waals surface area contributed by atoms with Gasteiger partial charge in [-0.05, 0) is 43.9 Å². The quantitative estimate of drug-likeness (QED) is 0.795. The number of carbonyl (C=O) groups excluding carboxylic acids is 1. The smallest absolute Gasteiger partial charge is 0.239 e. The number of carbonyl (C=O) groups is 1. The maximum atomic E-state index is 12.6. The molecule has 2 heterocycles. The normalized spacial score (nSPS) is 34.2. The first kappa shape index (κ1) is 15.8. The van der Waals surface area contributed by atoms with Crippen molar-refractivity contribution in [3.63, 3.8) is 0 Å². The first-order valence-electron chi connectivity index (χ1n) is 7.95. The molecule has 114 valence electrons. The molecular formula is C16H27ClN2O. The van der Waals surface area contributed by atoms with E-state index in [1.165, 1.54) is 25.7 Å². The van der Waals surface area contributed by atoms with Crippen LogP contribution in [0.15, 0.2) is 12.7 Å². The molecule has 1 N–H and O–H groups in total. The molecule has 0 aromatic rings. The van der Waals surface area contributed by atoms with Gasteiger partial charge < -0.3 is 10.2 Å². The summed E-state index contributed by atoms with van der Waals surface area (Å²) in [5, 5.41) is 3.60. The van der Waals surface area contributed by atoms with Crippen LogP contribution in [0.5, 0.6) is 0 Å². The number of amides is 1. The second-order valence-corrected chi connectivity index (χ2v) is 6.50. The Kier molecular flexibility index (Phi) is 5.50. The van der Waals surface area contributed by atoms with Crippen LogP contribution in [-0.2, 0) is 4.79 Å². The average molecular weight is 299 g/mol. The Balaban J connectivity index is 0.00000147. The Labute approximate surface area is 128 Å². The largest absolute Gasteiger partial charge is 0.341 e. The van der Waals surface area contributed by atoms with E-state index >= 15 is 0 Å². The van der Waals surface area contributed by atoms with Crippen LogP contribution in [0.2, 0.25) is 0 Å². The molecule has 20 heavy (non-hydrogen) atoms. The maximum Gasteiger partial charge on any atom is 0.239 e. The molecule has 3 unspecified atom stereocenters. The highest BCUT2D eigenvalue weighted by atomic mass is 35.5. The SMILES string of the molecule is C=CC1CCN(C(=O)C2CC3CCCCC3N2)CC1.Cl. The summed E-state index contributed by atoms with van der Waals surface area (Å²) in [5.41, 5.74) is 0. The topological polar surface area (TPSA) is 32.3 Å². The minimum absolute atomic E-state index is 0. The number of fused-ring (bicyclic) bond motifs is 1. The molecule has 0 aromatic heterocycles. The van der Waals surface area contributed by atoms with Crippen molar-refractivity contribution in [1.82, 2.24) is 10.2 Å². The average Bonchev–Trinajstić information content (AvgIpc) is 2.90. The van der Waals surface area contributed by atoms with Gasteiger partial charge in [0, 0.05) is 19.1 Å². The summed E-state index contributed by atoms with van der Waals surface area (Å²) in [6.07, 6.45) is 10.6. The monoisotopic (exact) mass is 298 g/mol. The number of allylic oxidation sites excluding steroid dienone is 1. The van der Waals surface area contributed by atoms with Crippen molar-refractivity contribution in [1.29, 1.82) is 0 Å². The Hall–Kier alpha value is -0.540. The number of nitrogens with one attached hydrogen (secondary N) is 1. The van der Waals surface area contributed by atoms with Gasteiger partial charge in [0.2, 0.25) is 5.91 Å². The molecule has 0 aromatic carbocycles. The molecule has 0 spiro atoms. The van der Waals surface area contributed by atoms with Gasteiger partial charge in [0.1, 0.15) is 0 Å². The Morgan fingerprint density at radius 2 is 1.85 bits per heavy atom. The highest BCUT2D eigenvalue weighted by Crippen LogP contribution is 2.34. The van der Waals surface area contributed by atoms with Gasteiger partial charge in [-0.15, -0.1) is 19.0 Å². The lowest BCUT2D eigenvalue weighted by Crippen LogP contribution is -2.48. The number of likely N-dealkylation sites (tertiary alicyclic amines) is 1. The Morgan fingerprint density at radius 3 is 2.50 bits per heavy atom. The van der Waals surface area contributed by atoms with Crippen molar-refractivity contribution >= 4 is 18.3 Å². The molecule has 2 aliphatic heterocycles. The van der Waals surface area contributed by atoms with Crippen LogP contribution in [0.3, 0.4) is 0 Å². The highest BCUT2D eigenvalue weighted by Gasteiger charge is 2.40. The van der Waals surface area contributed by atoms with Crippen LogP contribution >= 0.6 is 12.4 Å². The van der Waals surface area contributed by atoms with Crippen LogP contribution < -0.4 is 5.32 Å². The van der Waals surface area contributed by atoms with E-state index in [2.05, 4.69) is 16.8 Å². The van der Waals surface area contributed by atoms with E-state index in [9.17, 15) is 4.79 Å². The molecule has 2 saturated heterocycles. The minimum atomic E-state index is 0. The molecule has 4 heteroatoms. The van der Waals surface area contributed by atoms with Crippen molar-refractivity contribution in [3.8, 4) is 0 Å². The third-order valence-corrected chi connectivity index (χ3v) is 5.35. The molecule has 3 fully saturated rings. The number of nitrogens with zero attached hydrogens (tertiary/aromatic N) is 1. The summed E-state index contributed by atoms with van der Waals surface area (Å²) in [4.78, 5) is 14.7. The summed E-state index contributed by atoms with van der Waals surface area (Å²) in [5.74, 6) is 1.73. The van der Waals surface area contributed by atoms with Gasteiger partial charge >= 0.3 is 0 Å². The molecule has 1 saturated carbocycles. The van der Waals surface area contributed by atoms with Crippen molar-refractivity contribution < 1.29 is 4.79 Å². The summed E-state index contributed by atoms with van der Waals surface area (Å²) in [6.45, 7) is 5.70. The Morgan fingerprint density at radius 1 is 1.15 bits per heavy atom. The summed E-state index contributed by atoms with van der Waals surface area (Å²) in [7, 11) is 0. The van der Waals surface area contributed by atoms with Gasteiger partial charge in [-0.3, -0.25) is 4.79 Å². The molecule has 3 atom stereocenters. The summed E-state index contributed by atoms with van der Waals surface area (Å²) in [6, 6.07) is 0.724. The molecule has 3 nitrogen and oxygen atoms in total. The molecule has 0 radical (unpaired) electrons. The zero-order valence-corrected chi connectivity index (χ0v) is 13.0. The Bertz CT molecular complexity index is 338. The van der Waals surface area contributed by atoms with Crippen LogP contribution in [-0.4, -0.2) is 36.0 Å². The van der Waals surface area contributed by atoms with Gasteiger partial charge in [0.05, 0.1) is 6.04 Å². The number of halogens is 1. The standard InChI is InChI=1S/C16H26N2O.ClH/c1-2-12-7-9-18(10-8-12)16(19)15-11-13-5-3-4-6-14(13)17-15;/h2,12-15,17H,1,3-11H2;1H. The van der Waals surface area contributed by atoms with Crippen LogP contribution in [0.1, 0.15) is 44.9 Å². The van der Waals surface area contributed by atoms with E-state index in [1.807, 2.05) is 6.08 Å². The fourth-order valence-electron chi connectivity index (χ4n) is 4.09. The van der Waals surface area contributed by atoms with E-state index in [0.717, 1.165) is 38.3 Å². The third-order valence-electron chi connectivity index (χ3n) is 5.35. The summed E-state index contributed by atoms with van der Waals surface area (Å²) < 4.78 is 0. The second kappa shape index (κ2) is 6.95. The number of piperidine rings is 1. The van der Waals surface area contributed by atoms with Crippen molar-refractivity contribution in [3.05, 3.63) is 12.7 Å². The molecule has 3 aliphatic rings. The van der Waals surface area contributed by atoms with Crippen molar-refractivity contribution in [2.24, 2.45) is 11.8 Å². The lowest BCUT2D eigenvalue weighted by Gasteiger charge is -2.32. The van der Waals surface area contributed by atoms with Crippen LogP contribution in [0, 0.1) is 11.8 Å². The zero-order chi connectivity index (χ0) is 13.2. The van der Waals surface area contributed by atoms with E-state index in [4.69, 9.17) is 0 Å². The lowest BCUT2D eigenvalue weighted by atomic mass is 9.85. The first-order chi connectivity index (χ1) is 9.28. The third kappa shape index (κ3) is 3.20. The van der Waals surface area contributed by atoms with Gasteiger partial charge in [-0.2, -0.15) is 0 Å². The zero-order valence-electron chi connectivity index (χ0n) is 12.2. The van der Waals surface area contributed by atoms with Gasteiger partial charge in [-0.25, -0.2) is 0 Å². The number of hydrogen-bond donors (Lipinski definition) is 1. The van der Waals surface area contributed by atoms with Gasteiger partial charge in [-0.1, -0.05) is 18.9 Å². The number of hydrogen-bond acceptors (Lipinski definition) is 2. The fraction of sp³-hybridized carbons (Fsp3) is 0.812. The molecule has 1 amide bonds. The van der Waals surface area contributed by atoms with Gasteiger partial charge in [0.25, 0.3) is 0 Å². The van der Waals surface area contributed by atoms with Crippen molar-refractivity contribution in [2.45, 2.75) is 57.0 Å². The van der Waals surface area contributed by atoms with E-state index < -0.39 is 0 Å². The minimum Gasteiger partial charge on any atom is -0.341 e. The predicted molar refractivity (Wildman–Crippen MR) is 84.0 cm³/mol.